The van der Waals surface area contributed by atoms with E-state index in [9.17, 15) is 0 Å². The number of hydrogen-bond acceptors (Lipinski definition) is 4. The number of anilines is 3. The van der Waals surface area contributed by atoms with Gasteiger partial charge in [-0.2, -0.15) is 0 Å². The third-order valence-electron chi connectivity index (χ3n) is 4.02. The standard InChI is InChI=1S/C21H19N3O/c1-15-10-11-17(25-15)14-22-21-13-12-18-19(8-5-9-20(18)24-21)23-16-6-3-2-4-7-16/h2-13,23H,14H2,1H3,(H,22,24). The van der Waals surface area contributed by atoms with E-state index in [1.807, 2.05) is 67.6 Å². The molecule has 0 unspecified atom stereocenters. The molecule has 0 atom stereocenters. The number of aromatic nitrogens is 1. The van der Waals surface area contributed by atoms with E-state index in [1.165, 1.54) is 0 Å². The van der Waals surface area contributed by atoms with Gasteiger partial charge in [0.25, 0.3) is 0 Å². The first kappa shape index (κ1) is 15.3. The number of fused-ring (bicyclic) bond motifs is 1. The molecule has 0 bridgehead atoms. The Morgan fingerprint density at radius 2 is 1.76 bits per heavy atom. The smallest absolute Gasteiger partial charge is 0.127 e. The lowest BCUT2D eigenvalue weighted by molar-refractivity contribution is 0.490. The zero-order valence-electron chi connectivity index (χ0n) is 14.0. The molecule has 0 spiro atoms. The van der Waals surface area contributed by atoms with Gasteiger partial charge in [-0.1, -0.05) is 24.3 Å². The average Bonchev–Trinajstić information content (AvgIpc) is 3.06. The van der Waals surface area contributed by atoms with Crippen molar-refractivity contribution in [3.05, 3.63) is 84.3 Å². The highest BCUT2D eigenvalue weighted by Crippen LogP contribution is 2.26. The Kier molecular flexibility index (Phi) is 4.09. The van der Waals surface area contributed by atoms with Gasteiger partial charge in [0, 0.05) is 16.8 Å². The second kappa shape index (κ2) is 6.69. The number of nitrogens with zero attached hydrogens (tertiary/aromatic N) is 1. The van der Waals surface area contributed by atoms with E-state index in [0.29, 0.717) is 6.54 Å². The van der Waals surface area contributed by atoms with Gasteiger partial charge >= 0.3 is 0 Å². The lowest BCUT2D eigenvalue weighted by atomic mass is 10.1. The maximum atomic E-state index is 5.58. The van der Waals surface area contributed by atoms with Crippen LogP contribution >= 0.6 is 0 Å². The first-order chi connectivity index (χ1) is 12.3. The van der Waals surface area contributed by atoms with E-state index >= 15 is 0 Å². The van der Waals surface area contributed by atoms with Crippen LogP contribution in [-0.2, 0) is 6.54 Å². The lowest BCUT2D eigenvalue weighted by Gasteiger charge is -2.11. The van der Waals surface area contributed by atoms with Crippen molar-refractivity contribution in [2.45, 2.75) is 13.5 Å². The van der Waals surface area contributed by atoms with E-state index in [-0.39, 0.29) is 0 Å². The molecule has 0 fully saturated rings. The molecule has 4 nitrogen and oxygen atoms in total. The zero-order valence-corrected chi connectivity index (χ0v) is 14.0. The van der Waals surface area contributed by atoms with Crippen molar-refractivity contribution in [3.63, 3.8) is 0 Å². The fraction of sp³-hybridized carbons (Fsp3) is 0.0952. The Bertz CT molecular complexity index is 992. The topological polar surface area (TPSA) is 50.1 Å². The van der Waals surface area contributed by atoms with Gasteiger partial charge in [-0.05, 0) is 55.5 Å². The van der Waals surface area contributed by atoms with Gasteiger partial charge in [0.15, 0.2) is 0 Å². The minimum atomic E-state index is 0.619. The van der Waals surface area contributed by atoms with Gasteiger partial charge in [0.05, 0.1) is 12.1 Å². The largest absolute Gasteiger partial charge is 0.465 e. The Balaban J connectivity index is 1.56. The number of rotatable bonds is 5. The first-order valence-corrected chi connectivity index (χ1v) is 8.29. The van der Waals surface area contributed by atoms with Crippen LogP contribution in [0.3, 0.4) is 0 Å². The van der Waals surface area contributed by atoms with Crippen LogP contribution in [0.25, 0.3) is 10.9 Å². The molecule has 4 rings (SSSR count). The van der Waals surface area contributed by atoms with E-state index < -0.39 is 0 Å². The molecule has 2 aromatic heterocycles. The molecule has 2 aromatic carbocycles. The van der Waals surface area contributed by atoms with E-state index in [0.717, 1.165) is 39.6 Å². The highest BCUT2D eigenvalue weighted by Gasteiger charge is 2.05. The molecule has 0 saturated heterocycles. The Morgan fingerprint density at radius 3 is 2.56 bits per heavy atom. The second-order valence-electron chi connectivity index (χ2n) is 5.93. The summed E-state index contributed by atoms with van der Waals surface area (Å²) in [7, 11) is 0. The van der Waals surface area contributed by atoms with Crippen LogP contribution in [0.4, 0.5) is 17.2 Å². The van der Waals surface area contributed by atoms with E-state index in [2.05, 4.69) is 22.8 Å². The maximum absolute atomic E-state index is 5.58. The summed E-state index contributed by atoms with van der Waals surface area (Å²) in [6.45, 7) is 2.56. The quantitative estimate of drug-likeness (QED) is 0.508. The van der Waals surface area contributed by atoms with Crippen LogP contribution in [0.1, 0.15) is 11.5 Å². The Morgan fingerprint density at radius 1 is 0.880 bits per heavy atom. The van der Waals surface area contributed by atoms with Crippen molar-refractivity contribution < 1.29 is 4.42 Å². The minimum Gasteiger partial charge on any atom is -0.465 e. The molecule has 0 radical (unpaired) electrons. The summed E-state index contributed by atoms with van der Waals surface area (Å²) in [5.74, 6) is 2.65. The summed E-state index contributed by atoms with van der Waals surface area (Å²) in [6, 6.07) is 24.3. The average molecular weight is 329 g/mol. The van der Waals surface area contributed by atoms with Crippen molar-refractivity contribution in [2.24, 2.45) is 0 Å². The van der Waals surface area contributed by atoms with Crippen molar-refractivity contribution in [1.82, 2.24) is 4.98 Å². The van der Waals surface area contributed by atoms with Gasteiger partial charge in [-0.25, -0.2) is 4.98 Å². The van der Waals surface area contributed by atoms with Crippen molar-refractivity contribution in [1.29, 1.82) is 0 Å². The second-order valence-corrected chi connectivity index (χ2v) is 5.93. The number of furan rings is 1. The van der Waals surface area contributed by atoms with Crippen LogP contribution < -0.4 is 10.6 Å². The summed E-state index contributed by atoms with van der Waals surface area (Å²) in [4.78, 5) is 4.71. The van der Waals surface area contributed by atoms with Gasteiger partial charge in [-0.15, -0.1) is 0 Å². The SMILES string of the molecule is Cc1ccc(CNc2ccc3c(Nc4ccccc4)cccc3n2)o1. The molecule has 4 heteroatoms. The summed E-state index contributed by atoms with van der Waals surface area (Å²) in [6.07, 6.45) is 0. The molecule has 4 aromatic rings. The normalized spacial score (nSPS) is 10.8. The van der Waals surface area contributed by atoms with Crippen LogP contribution in [-0.4, -0.2) is 4.98 Å². The monoisotopic (exact) mass is 329 g/mol. The third kappa shape index (κ3) is 3.48. The Labute approximate surface area is 146 Å². The van der Waals surface area contributed by atoms with E-state index in [1.54, 1.807) is 0 Å². The van der Waals surface area contributed by atoms with Crippen molar-refractivity contribution >= 4 is 28.1 Å². The number of para-hydroxylation sites is 1. The van der Waals surface area contributed by atoms with Gasteiger partial charge < -0.3 is 15.1 Å². The zero-order chi connectivity index (χ0) is 17.1. The molecule has 2 N–H and O–H groups in total. The van der Waals surface area contributed by atoms with Crippen LogP contribution in [0.15, 0.2) is 77.2 Å². The van der Waals surface area contributed by atoms with Crippen LogP contribution in [0.5, 0.6) is 0 Å². The number of nitrogens with one attached hydrogen (secondary N) is 2. The predicted octanol–water partition coefficient (Wildman–Crippen LogP) is 5.49. The lowest BCUT2D eigenvalue weighted by Crippen LogP contribution is -2.00. The predicted molar refractivity (Wildman–Crippen MR) is 102 cm³/mol. The summed E-state index contributed by atoms with van der Waals surface area (Å²) >= 11 is 0. The summed E-state index contributed by atoms with van der Waals surface area (Å²) in [5.41, 5.74) is 3.05. The highest BCUT2D eigenvalue weighted by atomic mass is 16.3. The number of benzene rings is 2. The minimum absolute atomic E-state index is 0.619. The summed E-state index contributed by atoms with van der Waals surface area (Å²) < 4.78 is 5.58. The summed E-state index contributed by atoms with van der Waals surface area (Å²) in [5, 5.41) is 7.85. The molecule has 0 amide bonds. The molecule has 25 heavy (non-hydrogen) atoms. The van der Waals surface area contributed by atoms with Gasteiger partial charge in [0.1, 0.15) is 17.3 Å². The van der Waals surface area contributed by atoms with Crippen LogP contribution in [0, 0.1) is 6.92 Å². The fourth-order valence-electron chi connectivity index (χ4n) is 2.80. The number of aryl methyl sites for hydroxylation is 1. The van der Waals surface area contributed by atoms with Crippen molar-refractivity contribution in [2.75, 3.05) is 10.6 Å². The van der Waals surface area contributed by atoms with Gasteiger partial charge in [0.2, 0.25) is 0 Å². The number of hydrogen-bond donors (Lipinski definition) is 2. The van der Waals surface area contributed by atoms with Crippen LogP contribution in [0.2, 0.25) is 0 Å². The molecule has 0 saturated carbocycles. The fourth-order valence-corrected chi connectivity index (χ4v) is 2.80. The molecular weight excluding hydrogens is 310 g/mol. The highest BCUT2D eigenvalue weighted by molar-refractivity contribution is 5.93. The Hall–Kier alpha value is -3.27. The molecule has 124 valence electrons. The van der Waals surface area contributed by atoms with Crippen molar-refractivity contribution in [3.8, 4) is 0 Å². The number of pyridine rings is 1. The molecule has 0 aliphatic rings. The molecular formula is C21H19N3O. The first-order valence-electron chi connectivity index (χ1n) is 8.29. The molecule has 0 aliphatic heterocycles. The third-order valence-corrected chi connectivity index (χ3v) is 4.02. The molecule has 0 aliphatic carbocycles. The van der Waals surface area contributed by atoms with E-state index in [4.69, 9.17) is 9.40 Å². The van der Waals surface area contributed by atoms with Gasteiger partial charge in [-0.3, -0.25) is 0 Å². The maximum Gasteiger partial charge on any atom is 0.127 e. The molecule has 2 heterocycles.